The highest BCUT2D eigenvalue weighted by atomic mass is 32.2. The van der Waals surface area contributed by atoms with E-state index in [2.05, 4.69) is 24.4 Å². The standard InChI is InChI=1S/C17H22N2O3S2/c1-14-2-5-16(23-14)13-18-12-15-3-6-17(7-4-15)24(20,21)19-8-10-22-11-9-19/h2-7,18H,8-13H2,1H3. The van der Waals surface area contributed by atoms with E-state index in [0.29, 0.717) is 31.2 Å². The summed E-state index contributed by atoms with van der Waals surface area (Å²) in [6.07, 6.45) is 0. The predicted octanol–water partition coefficient (Wildman–Crippen LogP) is 2.37. The molecule has 3 rings (SSSR count). The van der Waals surface area contributed by atoms with Gasteiger partial charge in [0.05, 0.1) is 18.1 Å². The molecule has 0 spiro atoms. The van der Waals surface area contributed by atoms with Crippen LogP contribution in [0.5, 0.6) is 0 Å². The molecular formula is C17H22N2O3S2. The van der Waals surface area contributed by atoms with Crippen molar-refractivity contribution in [1.29, 1.82) is 0 Å². The molecule has 5 nitrogen and oxygen atoms in total. The number of aryl methyl sites for hydroxylation is 1. The second-order valence-electron chi connectivity index (χ2n) is 5.78. The Kier molecular flexibility index (Phi) is 5.68. The third-order valence-corrected chi connectivity index (χ3v) is 6.87. The number of hydrogen-bond acceptors (Lipinski definition) is 5. The summed E-state index contributed by atoms with van der Waals surface area (Å²) in [4.78, 5) is 2.96. The van der Waals surface area contributed by atoms with Gasteiger partial charge in [0.1, 0.15) is 0 Å². The summed E-state index contributed by atoms with van der Waals surface area (Å²) < 4.78 is 31.8. The Labute approximate surface area is 147 Å². The lowest BCUT2D eigenvalue weighted by Crippen LogP contribution is -2.40. The van der Waals surface area contributed by atoms with Crippen molar-refractivity contribution in [1.82, 2.24) is 9.62 Å². The molecule has 0 atom stereocenters. The molecule has 0 aliphatic carbocycles. The summed E-state index contributed by atoms with van der Waals surface area (Å²) in [6.45, 7) is 5.41. The number of hydrogen-bond donors (Lipinski definition) is 1. The molecular weight excluding hydrogens is 344 g/mol. The Morgan fingerprint density at radius 2 is 1.79 bits per heavy atom. The van der Waals surface area contributed by atoms with Gasteiger partial charge in [-0.3, -0.25) is 0 Å². The number of morpholine rings is 1. The lowest BCUT2D eigenvalue weighted by Gasteiger charge is -2.26. The van der Waals surface area contributed by atoms with Gasteiger partial charge >= 0.3 is 0 Å². The number of sulfonamides is 1. The molecule has 0 radical (unpaired) electrons. The maximum atomic E-state index is 12.6. The molecule has 130 valence electrons. The molecule has 2 heterocycles. The number of nitrogens with one attached hydrogen (secondary N) is 1. The van der Waals surface area contributed by atoms with Gasteiger partial charge in [0.2, 0.25) is 10.0 Å². The molecule has 1 aromatic heterocycles. The molecule has 2 aromatic rings. The Balaban J connectivity index is 1.58. The molecule has 0 bridgehead atoms. The van der Waals surface area contributed by atoms with Gasteiger partial charge in [-0.05, 0) is 36.8 Å². The fourth-order valence-corrected chi connectivity index (χ4v) is 4.89. The van der Waals surface area contributed by atoms with Crippen molar-refractivity contribution in [3.8, 4) is 0 Å². The average molecular weight is 367 g/mol. The Morgan fingerprint density at radius 1 is 1.08 bits per heavy atom. The highest BCUT2D eigenvalue weighted by Gasteiger charge is 2.25. The van der Waals surface area contributed by atoms with Crippen LogP contribution < -0.4 is 5.32 Å². The minimum absolute atomic E-state index is 0.349. The molecule has 0 saturated carbocycles. The van der Waals surface area contributed by atoms with Crippen LogP contribution in [0.3, 0.4) is 0 Å². The predicted molar refractivity (Wildman–Crippen MR) is 95.6 cm³/mol. The zero-order chi connectivity index (χ0) is 17.0. The van der Waals surface area contributed by atoms with Crippen LogP contribution in [0, 0.1) is 6.92 Å². The average Bonchev–Trinajstić information content (AvgIpc) is 3.01. The second-order valence-corrected chi connectivity index (χ2v) is 9.09. The minimum atomic E-state index is -3.40. The van der Waals surface area contributed by atoms with E-state index in [1.807, 2.05) is 12.1 Å². The van der Waals surface area contributed by atoms with Crippen molar-refractivity contribution in [3.63, 3.8) is 0 Å². The lowest BCUT2D eigenvalue weighted by atomic mass is 10.2. The van der Waals surface area contributed by atoms with Crippen LogP contribution in [0.1, 0.15) is 15.3 Å². The molecule has 1 saturated heterocycles. The number of thiophene rings is 1. The zero-order valence-corrected chi connectivity index (χ0v) is 15.3. The van der Waals surface area contributed by atoms with E-state index in [1.165, 1.54) is 14.1 Å². The number of ether oxygens (including phenoxy) is 1. The highest BCUT2D eigenvalue weighted by Crippen LogP contribution is 2.18. The van der Waals surface area contributed by atoms with E-state index in [-0.39, 0.29) is 0 Å². The molecule has 0 amide bonds. The van der Waals surface area contributed by atoms with Crippen molar-refractivity contribution in [2.45, 2.75) is 24.9 Å². The molecule has 0 unspecified atom stereocenters. The summed E-state index contributed by atoms with van der Waals surface area (Å²) in [5.41, 5.74) is 1.07. The smallest absolute Gasteiger partial charge is 0.243 e. The Morgan fingerprint density at radius 3 is 2.42 bits per heavy atom. The van der Waals surface area contributed by atoms with Crippen molar-refractivity contribution in [2.24, 2.45) is 0 Å². The van der Waals surface area contributed by atoms with Crippen molar-refractivity contribution in [2.75, 3.05) is 26.3 Å². The van der Waals surface area contributed by atoms with Crippen molar-refractivity contribution >= 4 is 21.4 Å². The quantitative estimate of drug-likeness (QED) is 0.853. The summed E-state index contributed by atoms with van der Waals surface area (Å²) in [5.74, 6) is 0. The topological polar surface area (TPSA) is 58.6 Å². The van der Waals surface area contributed by atoms with E-state index in [9.17, 15) is 8.42 Å². The van der Waals surface area contributed by atoms with Crippen LogP contribution in [-0.4, -0.2) is 39.0 Å². The highest BCUT2D eigenvalue weighted by molar-refractivity contribution is 7.89. The number of rotatable bonds is 6. The molecule has 1 N–H and O–H groups in total. The Bertz CT molecular complexity index is 763. The fourth-order valence-electron chi connectivity index (χ4n) is 2.63. The lowest BCUT2D eigenvalue weighted by molar-refractivity contribution is 0.0730. The van der Waals surface area contributed by atoms with Gasteiger partial charge in [-0.1, -0.05) is 12.1 Å². The zero-order valence-electron chi connectivity index (χ0n) is 13.7. The summed E-state index contributed by atoms with van der Waals surface area (Å²) in [7, 11) is -3.40. The summed E-state index contributed by atoms with van der Waals surface area (Å²) in [6, 6.07) is 11.4. The first-order valence-electron chi connectivity index (χ1n) is 7.98. The molecule has 1 aliphatic rings. The van der Waals surface area contributed by atoms with Crippen LogP contribution >= 0.6 is 11.3 Å². The maximum absolute atomic E-state index is 12.6. The maximum Gasteiger partial charge on any atom is 0.243 e. The van der Waals surface area contributed by atoms with Crippen LogP contribution in [0.15, 0.2) is 41.3 Å². The van der Waals surface area contributed by atoms with Gasteiger partial charge in [0, 0.05) is 35.9 Å². The number of benzene rings is 1. The third-order valence-electron chi connectivity index (χ3n) is 3.96. The van der Waals surface area contributed by atoms with Crippen molar-refractivity contribution in [3.05, 3.63) is 51.7 Å². The number of nitrogens with zero attached hydrogens (tertiary/aromatic N) is 1. The van der Waals surface area contributed by atoms with Gasteiger partial charge in [-0.15, -0.1) is 11.3 Å². The van der Waals surface area contributed by atoms with E-state index in [4.69, 9.17) is 4.74 Å². The minimum Gasteiger partial charge on any atom is -0.379 e. The van der Waals surface area contributed by atoms with Crippen molar-refractivity contribution < 1.29 is 13.2 Å². The normalized spacial score (nSPS) is 16.4. The fraction of sp³-hybridized carbons (Fsp3) is 0.412. The van der Waals surface area contributed by atoms with Crippen LogP contribution in [-0.2, 0) is 27.8 Å². The third kappa shape index (κ3) is 4.23. The van der Waals surface area contributed by atoms with E-state index >= 15 is 0 Å². The SMILES string of the molecule is Cc1ccc(CNCc2ccc(S(=O)(=O)N3CCOCC3)cc2)s1. The summed E-state index contributed by atoms with van der Waals surface area (Å²) in [5, 5.41) is 3.39. The van der Waals surface area contributed by atoms with E-state index in [0.717, 1.165) is 18.7 Å². The van der Waals surface area contributed by atoms with E-state index in [1.54, 1.807) is 23.5 Å². The molecule has 7 heteroatoms. The first-order chi connectivity index (χ1) is 11.6. The second kappa shape index (κ2) is 7.76. The van der Waals surface area contributed by atoms with Gasteiger partial charge in [0.25, 0.3) is 0 Å². The van der Waals surface area contributed by atoms with Gasteiger partial charge in [-0.25, -0.2) is 8.42 Å². The largest absolute Gasteiger partial charge is 0.379 e. The van der Waals surface area contributed by atoms with Crippen LogP contribution in [0.25, 0.3) is 0 Å². The molecule has 1 aliphatic heterocycles. The van der Waals surface area contributed by atoms with Gasteiger partial charge in [-0.2, -0.15) is 4.31 Å². The molecule has 24 heavy (non-hydrogen) atoms. The molecule has 1 aromatic carbocycles. The Hall–Kier alpha value is -1.25. The monoisotopic (exact) mass is 366 g/mol. The molecule has 1 fully saturated rings. The first kappa shape index (κ1) is 17.6. The van der Waals surface area contributed by atoms with E-state index < -0.39 is 10.0 Å². The van der Waals surface area contributed by atoms with Crippen LogP contribution in [0.2, 0.25) is 0 Å². The van der Waals surface area contributed by atoms with Gasteiger partial charge < -0.3 is 10.1 Å². The van der Waals surface area contributed by atoms with Crippen LogP contribution in [0.4, 0.5) is 0 Å². The summed E-state index contributed by atoms with van der Waals surface area (Å²) >= 11 is 1.79. The van der Waals surface area contributed by atoms with Gasteiger partial charge in [0.15, 0.2) is 0 Å². The first-order valence-corrected chi connectivity index (χ1v) is 10.2.